The molecule has 0 bridgehead atoms. The summed E-state index contributed by atoms with van der Waals surface area (Å²) >= 11 is 0. The monoisotopic (exact) mass is 719 g/mol. The van der Waals surface area contributed by atoms with Crippen LogP contribution in [0.5, 0.6) is 0 Å². The maximum absolute atomic E-state index is 13.9. The molecule has 7 atom stereocenters. The highest BCUT2D eigenvalue weighted by Gasteiger charge is 2.39. The van der Waals surface area contributed by atoms with E-state index in [9.17, 15) is 29.3 Å². The van der Waals surface area contributed by atoms with E-state index < -0.39 is 35.6 Å². The molecule has 2 aliphatic rings. The smallest absolute Gasteiger partial charge is 0.328 e. The zero-order valence-electron chi connectivity index (χ0n) is 31.8. The Morgan fingerprint density at radius 2 is 1.45 bits per heavy atom. The molecule has 7 nitrogen and oxygen atoms in total. The molecular weight excluding hydrogens is 647 g/mol. The molecule has 1 unspecified atom stereocenters. The fraction of sp³-hybridized carbons (Fsp3) is 0.721. The van der Waals surface area contributed by atoms with E-state index in [2.05, 4.69) is 26.5 Å². The molecule has 5 N–H and O–H groups in total. The minimum Gasteiger partial charge on any atom is -0.481 e. The van der Waals surface area contributed by atoms with Gasteiger partial charge in [-0.15, -0.1) is 0 Å². The third kappa shape index (κ3) is 20.9. The maximum atomic E-state index is 13.9. The van der Waals surface area contributed by atoms with E-state index in [0.717, 1.165) is 43.9 Å². The topological polar surface area (TPSA) is 135 Å². The first-order chi connectivity index (χ1) is 24.4. The third-order valence-corrected chi connectivity index (χ3v) is 10.7. The quantitative estimate of drug-likeness (QED) is 0.0260. The van der Waals surface area contributed by atoms with Gasteiger partial charge in [-0.1, -0.05) is 153 Å². The standard InChI is InChI=1S/C23H37FO5.C20H34O2/c1-3-4-5-9-14-23(29,17(2)24)15-10-12-19-18(20(25)16-21(19)26)11-7-6-8-13-22(27)28;1-2-3-4-5-6-9-13-18-15-12-16-19(18)14-10-7-8-11-17-20(21)22/h6-7,10,12,18-21,25-26,29H,2-5,8-9,11,13-16H2,1H3,(H,27,28);7-8,11,17-19H,2-6,9-10,12-16H2,1H3,(H,21,22)/b7-6-,12-10+;/t18-,19-,20+,21-,23?;18-,19-/m10/s1. The second kappa shape index (κ2) is 28.0. The van der Waals surface area contributed by atoms with Crippen molar-refractivity contribution in [3.05, 3.63) is 61.0 Å². The molecule has 0 aromatic rings. The fourth-order valence-electron chi connectivity index (χ4n) is 7.58. The van der Waals surface area contributed by atoms with Crippen LogP contribution in [0.3, 0.4) is 0 Å². The van der Waals surface area contributed by atoms with E-state index in [1.165, 1.54) is 76.7 Å². The molecule has 0 spiro atoms. The Balaban J connectivity index is 0.000000530. The molecule has 51 heavy (non-hydrogen) atoms. The predicted octanol–water partition coefficient (Wildman–Crippen LogP) is 10.4. The summed E-state index contributed by atoms with van der Waals surface area (Å²) in [6, 6.07) is 0. The largest absolute Gasteiger partial charge is 0.481 e. The van der Waals surface area contributed by atoms with Crippen molar-refractivity contribution in [2.75, 3.05) is 0 Å². The molecule has 0 amide bonds. The van der Waals surface area contributed by atoms with Crippen LogP contribution in [-0.2, 0) is 9.59 Å². The zero-order valence-corrected chi connectivity index (χ0v) is 31.8. The van der Waals surface area contributed by atoms with Crippen LogP contribution < -0.4 is 0 Å². The lowest BCUT2D eigenvalue weighted by Crippen LogP contribution is -2.28. The van der Waals surface area contributed by atoms with Gasteiger partial charge in [0.15, 0.2) is 0 Å². The number of aliphatic hydroxyl groups is 3. The van der Waals surface area contributed by atoms with Gasteiger partial charge >= 0.3 is 11.9 Å². The van der Waals surface area contributed by atoms with Crippen LogP contribution in [0.2, 0.25) is 0 Å². The molecule has 0 aromatic carbocycles. The van der Waals surface area contributed by atoms with Crippen molar-refractivity contribution >= 4 is 11.9 Å². The lowest BCUT2D eigenvalue weighted by molar-refractivity contribution is -0.137. The molecule has 0 radical (unpaired) electrons. The Bertz CT molecular complexity index is 1080. The summed E-state index contributed by atoms with van der Waals surface area (Å²) in [5.74, 6) is -1.12. The van der Waals surface area contributed by atoms with Gasteiger partial charge in [-0.2, -0.15) is 0 Å². The van der Waals surface area contributed by atoms with E-state index >= 15 is 0 Å². The summed E-state index contributed by atoms with van der Waals surface area (Å²) in [6.45, 7) is 7.66. The second-order valence-corrected chi connectivity index (χ2v) is 14.8. The van der Waals surface area contributed by atoms with Gasteiger partial charge in [0.05, 0.1) is 12.2 Å². The van der Waals surface area contributed by atoms with Gasteiger partial charge in [0.1, 0.15) is 11.4 Å². The first kappa shape index (κ1) is 46.5. The van der Waals surface area contributed by atoms with Crippen molar-refractivity contribution in [1.29, 1.82) is 0 Å². The van der Waals surface area contributed by atoms with Crippen LogP contribution in [0.25, 0.3) is 0 Å². The van der Waals surface area contributed by atoms with Gasteiger partial charge in [0.25, 0.3) is 0 Å². The van der Waals surface area contributed by atoms with Gasteiger partial charge in [-0.3, -0.25) is 4.79 Å². The number of hydrogen-bond donors (Lipinski definition) is 5. The normalized spacial score (nSPS) is 24.8. The summed E-state index contributed by atoms with van der Waals surface area (Å²) in [7, 11) is 0. The number of carbonyl (C=O) groups is 2. The first-order valence-corrected chi connectivity index (χ1v) is 20.0. The van der Waals surface area contributed by atoms with Crippen molar-refractivity contribution in [3.63, 3.8) is 0 Å². The highest BCUT2D eigenvalue weighted by Crippen LogP contribution is 2.39. The number of carboxylic acid groups (broad SMARTS) is 2. The van der Waals surface area contributed by atoms with Gasteiger partial charge in [-0.05, 0) is 49.9 Å². The minimum absolute atomic E-state index is 0.0552. The van der Waals surface area contributed by atoms with Crippen molar-refractivity contribution in [1.82, 2.24) is 0 Å². The first-order valence-electron chi connectivity index (χ1n) is 20.0. The van der Waals surface area contributed by atoms with Crippen molar-refractivity contribution in [3.8, 4) is 0 Å². The van der Waals surface area contributed by atoms with Crippen molar-refractivity contribution in [2.24, 2.45) is 23.7 Å². The predicted molar refractivity (Wildman–Crippen MR) is 206 cm³/mol. The molecule has 0 aliphatic heterocycles. The molecule has 8 heteroatoms. The second-order valence-electron chi connectivity index (χ2n) is 14.8. The van der Waals surface area contributed by atoms with Gasteiger partial charge < -0.3 is 25.5 Å². The van der Waals surface area contributed by atoms with E-state index in [1.807, 2.05) is 12.2 Å². The van der Waals surface area contributed by atoms with Crippen LogP contribution in [0.15, 0.2) is 61.0 Å². The number of carboxylic acids is 2. The highest BCUT2D eigenvalue weighted by molar-refractivity contribution is 5.80. The molecule has 0 aromatic heterocycles. The van der Waals surface area contributed by atoms with E-state index in [1.54, 1.807) is 24.3 Å². The molecular formula is C43H71FO7. The number of aliphatic hydroxyl groups excluding tert-OH is 2. The van der Waals surface area contributed by atoms with Crippen LogP contribution in [0, 0.1) is 23.7 Å². The molecule has 2 rings (SSSR count). The van der Waals surface area contributed by atoms with E-state index in [0.29, 0.717) is 19.3 Å². The number of unbranched alkanes of at least 4 members (excludes halogenated alkanes) is 8. The fourth-order valence-corrected chi connectivity index (χ4v) is 7.58. The number of allylic oxidation sites excluding steroid dienone is 5. The van der Waals surface area contributed by atoms with Crippen LogP contribution in [-0.4, -0.2) is 55.3 Å². The van der Waals surface area contributed by atoms with Gasteiger partial charge in [-0.25, -0.2) is 9.18 Å². The Labute approximate surface area is 308 Å². The molecule has 2 aliphatic carbocycles. The van der Waals surface area contributed by atoms with E-state index in [-0.39, 0.29) is 31.1 Å². The summed E-state index contributed by atoms with van der Waals surface area (Å²) in [4.78, 5) is 20.9. The van der Waals surface area contributed by atoms with Crippen LogP contribution in [0.4, 0.5) is 4.39 Å². The molecule has 292 valence electrons. The molecule has 2 fully saturated rings. The van der Waals surface area contributed by atoms with Crippen molar-refractivity contribution < 1.29 is 39.5 Å². The van der Waals surface area contributed by atoms with Crippen LogP contribution >= 0.6 is 0 Å². The lowest BCUT2D eigenvalue weighted by atomic mass is 9.87. The average molecular weight is 719 g/mol. The van der Waals surface area contributed by atoms with Crippen molar-refractivity contribution in [2.45, 2.75) is 173 Å². The Kier molecular flexibility index (Phi) is 25.5. The number of hydrogen-bond acceptors (Lipinski definition) is 5. The summed E-state index contributed by atoms with van der Waals surface area (Å²) in [5, 5.41) is 48.3. The highest BCUT2D eigenvalue weighted by atomic mass is 19.1. The Hall–Kier alpha value is -2.55. The summed E-state index contributed by atoms with van der Waals surface area (Å²) in [5.41, 5.74) is -1.60. The maximum Gasteiger partial charge on any atom is 0.328 e. The summed E-state index contributed by atoms with van der Waals surface area (Å²) in [6.07, 6.45) is 34.3. The minimum atomic E-state index is -1.60. The molecule has 0 heterocycles. The van der Waals surface area contributed by atoms with E-state index in [4.69, 9.17) is 10.2 Å². The molecule has 0 saturated heterocycles. The number of rotatable bonds is 26. The average Bonchev–Trinajstić information content (AvgIpc) is 3.64. The number of aliphatic carboxylic acids is 2. The van der Waals surface area contributed by atoms with Gasteiger partial charge in [0.2, 0.25) is 0 Å². The SMILES string of the molecule is C=C(F)C(O)(C/C=C/[C@@H]1[C@@H](C/C=C\CCC(=O)O)[C@@H](O)C[C@H]1O)CCCCCC.CCCCCCCC[C@H]1CCC[C@@H]1CCC=CC=CC(=O)O. The van der Waals surface area contributed by atoms with Crippen LogP contribution in [0.1, 0.15) is 155 Å². The Morgan fingerprint density at radius 3 is 2.10 bits per heavy atom. The zero-order chi connectivity index (χ0) is 37.9. The summed E-state index contributed by atoms with van der Waals surface area (Å²) < 4.78 is 13.9. The molecule has 2 saturated carbocycles. The number of halogens is 1. The Morgan fingerprint density at radius 1 is 0.804 bits per heavy atom. The third-order valence-electron chi connectivity index (χ3n) is 10.7. The van der Waals surface area contributed by atoms with Gasteiger partial charge in [0, 0.05) is 31.3 Å². The lowest BCUT2D eigenvalue weighted by Gasteiger charge is -2.25.